The van der Waals surface area contributed by atoms with Gasteiger partial charge in [-0.3, -0.25) is 13.9 Å². The summed E-state index contributed by atoms with van der Waals surface area (Å²) in [7, 11) is -3.81. The third-order valence-electron chi connectivity index (χ3n) is 5.62. The molecular weight excluding hydrogens is 542 g/mol. The summed E-state index contributed by atoms with van der Waals surface area (Å²) in [5.41, 5.74) is 0.736. The maximum absolute atomic E-state index is 13.7. The van der Waals surface area contributed by atoms with E-state index in [2.05, 4.69) is 21.2 Å². The average molecular weight is 575 g/mol. The molecule has 0 saturated carbocycles. The van der Waals surface area contributed by atoms with Gasteiger partial charge >= 0.3 is 0 Å². The summed E-state index contributed by atoms with van der Waals surface area (Å²) in [6, 6.07) is 19.4. The summed E-state index contributed by atoms with van der Waals surface area (Å²) < 4.78 is 27.7. The second-order valence-corrected chi connectivity index (χ2v) is 12.7. The molecule has 0 saturated heterocycles. The van der Waals surface area contributed by atoms with Crippen molar-refractivity contribution in [1.29, 1.82) is 0 Å². The lowest BCUT2D eigenvalue weighted by molar-refractivity contribution is -0.140. The van der Waals surface area contributed by atoms with Gasteiger partial charge in [0, 0.05) is 21.9 Å². The van der Waals surface area contributed by atoms with Crippen LogP contribution in [0.1, 0.15) is 33.3 Å². The van der Waals surface area contributed by atoms with Crippen LogP contribution >= 0.6 is 15.9 Å². The number of nitrogens with one attached hydrogen (secondary N) is 1. The minimum Gasteiger partial charge on any atom is -0.350 e. The molecule has 3 rings (SSSR count). The minimum absolute atomic E-state index is 0.143. The molecule has 0 aliphatic rings. The van der Waals surface area contributed by atoms with Crippen molar-refractivity contribution in [3.8, 4) is 0 Å². The van der Waals surface area contributed by atoms with E-state index in [1.54, 1.807) is 19.1 Å². The van der Waals surface area contributed by atoms with Gasteiger partial charge in [-0.1, -0.05) is 64.5 Å². The number of hydrogen-bond donors (Lipinski definition) is 1. The first kappa shape index (κ1) is 27.7. The van der Waals surface area contributed by atoms with E-state index < -0.39 is 34.1 Å². The fraction of sp³-hybridized carbons (Fsp3) is 0.333. The van der Waals surface area contributed by atoms with Crippen LogP contribution in [0, 0.1) is 0 Å². The number of amides is 2. The van der Waals surface area contributed by atoms with Gasteiger partial charge in [-0.2, -0.15) is 0 Å². The molecule has 0 aliphatic heterocycles. The highest BCUT2D eigenvalue weighted by molar-refractivity contribution is 9.10. The van der Waals surface area contributed by atoms with Gasteiger partial charge < -0.3 is 10.2 Å². The highest BCUT2D eigenvalue weighted by Crippen LogP contribution is 2.29. The summed E-state index contributed by atoms with van der Waals surface area (Å²) in [6.07, 6.45) is 1.08. The van der Waals surface area contributed by atoms with Gasteiger partial charge in [0.25, 0.3) is 0 Å². The van der Waals surface area contributed by atoms with Gasteiger partial charge in [-0.25, -0.2) is 8.42 Å². The molecule has 0 aliphatic carbocycles. The van der Waals surface area contributed by atoms with E-state index in [0.29, 0.717) is 5.69 Å². The summed E-state index contributed by atoms with van der Waals surface area (Å²) in [5, 5.41) is 4.50. The number of rotatable bonds is 8. The van der Waals surface area contributed by atoms with E-state index in [0.717, 1.165) is 31.4 Å². The first-order chi connectivity index (χ1) is 16.8. The predicted octanol–water partition coefficient (Wildman–Crippen LogP) is 4.70. The molecule has 0 aromatic heterocycles. The van der Waals surface area contributed by atoms with Gasteiger partial charge in [-0.15, -0.1) is 0 Å². The van der Waals surface area contributed by atoms with Crippen molar-refractivity contribution in [2.45, 2.75) is 45.8 Å². The molecule has 36 heavy (non-hydrogen) atoms. The van der Waals surface area contributed by atoms with Crippen LogP contribution in [0.3, 0.4) is 0 Å². The van der Waals surface area contributed by atoms with Crippen molar-refractivity contribution >= 4 is 54.2 Å². The van der Waals surface area contributed by atoms with Gasteiger partial charge in [0.15, 0.2) is 0 Å². The number of anilines is 1. The Morgan fingerprint density at radius 1 is 1.00 bits per heavy atom. The Labute approximate surface area is 221 Å². The number of benzene rings is 3. The van der Waals surface area contributed by atoms with Crippen LogP contribution in [0.2, 0.25) is 0 Å². The SMILES string of the molecule is C[C@@H](C(=O)NC(C)(C)C)N(Cc1cccc(Br)c1)C(=O)CN(c1cccc2ccccc12)S(C)(=O)=O. The number of sulfonamides is 1. The maximum atomic E-state index is 13.7. The second-order valence-electron chi connectivity index (χ2n) is 9.83. The molecule has 9 heteroatoms. The van der Waals surface area contributed by atoms with E-state index in [9.17, 15) is 18.0 Å². The topological polar surface area (TPSA) is 86.8 Å². The zero-order valence-corrected chi connectivity index (χ0v) is 23.6. The number of fused-ring (bicyclic) bond motifs is 1. The van der Waals surface area contributed by atoms with Crippen LogP contribution in [-0.2, 0) is 26.2 Å². The minimum atomic E-state index is -3.81. The fourth-order valence-electron chi connectivity index (χ4n) is 3.91. The number of hydrogen-bond acceptors (Lipinski definition) is 4. The van der Waals surface area contributed by atoms with Crippen molar-refractivity contribution in [2.24, 2.45) is 0 Å². The summed E-state index contributed by atoms with van der Waals surface area (Å²) >= 11 is 3.44. The van der Waals surface area contributed by atoms with Gasteiger partial charge in [0.1, 0.15) is 12.6 Å². The van der Waals surface area contributed by atoms with Crippen LogP contribution < -0.4 is 9.62 Å². The number of carbonyl (C=O) groups excluding carboxylic acids is 2. The number of nitrogens with zero attached hydrogens (tertiary/aromatic N) is 2. The van der Waals surface area contributed by atoms with Gasteiger partial charge in [0.05, 0.1) is 11.9 Å². The van der Waals surface area contributed by atoms with Crippen molar-refractivity contribution in [3.63, 3.8) is 0 Å². The largest absolute Gasteiger partial charge is 0.350 e. The smallest absolute Gasteiger partial charge is 0.244 e. The van der Waals surface area contributed by atoms with Gasteiger partial charge in [-0.05, 0) is 56.8 Å². The molecule has 3 aromatic rings. The molecule has 1 atom stereocenters. The third-order valence-corrected chi connectivity index (χ3v) is 7.24. The second kappa shape index (κ2) is 11.0. The molecule has 0 radical (unpaired) electrons. The molecule has 1 N–H and O–H groups in total. The van der Waals surface area contributed by atoms with Crippen molar-refractivity contribution in [3.05, 3.63) is 76.8 Å². The molecule has 7 nitrogen and oxygen atoms in total. The third kappa shape index (κ3) is 7.07. The maximum Gasteiger partial charge on any atom is 0.244 e. The van der Waals surface area contributed by atoms with E-state index in [4.69, 9.17) is 0 Å². The normalized spacial score (nSPS) is 12.7. The Morgan fingerprint density at radius 2 is 1.64 bits per heavy atom. The first-order valence-electron chi connectivity index (χ1n) is 11.6. The summed E-state index contributed by atoms with van der Waals surface area (Å²) in [4.78, 5) is 28.2. The van der Waals surface area contributed by atoms with E-state index in [-0.39, 0.29) is 12.5 Å². The lowest BCUT2D eigenvalue weighted by Gasteiger charge is -2.33. The Balaban J connectivity index is 2.00. The Morgan fingerprint density at radius 3 is 2.28 bits per heavy atom. The monoisotopic (exact) mass is 573 g/mol. The molecule has 2 amide bonds. The first-order valence-corrected chi connectivity index (χ1v) is 14.2. The zero-order chi connectivity index (χ0) is 26.7. The standard InChI is InChI=1S/C27H32BrN3O4S/c1-19(26(33)29-27(2,3)4)30(17-20-10-8-13-22(28)16-20)25(32)18-31(36(5,34)35)24-15-9-12-21-11-6-7-14-23(21)24/h6-16,19H,17-18H2,1-5H3,(H,29,33)/t19-/m0/s1. The van der Waals surface area contributed by atoms with Crippen LogP contribution in [-0.4, -0.2) is 49.5 Å². The molecule has 0 bridgehead atoms. The average Bonchev–Trinajstić information content (AvgIpc) is 2.78. The molecule has 0 fully saturated rings. The highest BCUT2D eigenvalue weighted by atomic mass is 79.9. The Bertz CT molecular complexity index is 1360. The van der Waals surface area contributed by atoms with Crippen molar-refractivity contribution in [2.75, 3.05) is 17.1 Å². The Kier molecular flexibility index (Phi) is 8.46. The van der Waals surface area contributed by atoms with E-state index in [1.165, 1.54) is 4.90 Å². The van der Waals surface area contributed by atoms with Gasteiger partial charge in [0.2, 0.25) is 21.8 Å². The van der Waals surface area contributed by atoms with Crippen LogP contribution in [0.5, 0.6) is 0 Å². The molecular formula is C27H32BrN3O4S. The van der Waals surface area contributed by atoms with E-state index in [1.807, 2.05) is 75.4 Å². The summed E-state index contributed by atoms with van der Waals surface area (Å²) in [5.74, 6) is -0.799. The number of halogens is 1. The molecule has 192 valence electrons. The molecule has 3 aromatic carbocycles. The molecule has 0 heterocycles. The Hall–Kier alpha value is -2.91. The van der Waals surface area contributed by atoms with Crippen LogP contribution in [0.4, 0.5) is 5.69 Å². The fourth-order valence-corrected chi connectivity index (χ4v) is 5.22. The summed E-state index contributed by atoms with van der Waals surface area (Å²) in [6.45, 7) is 6.95. The quantitative estimate of drug-likeness (QED) is 0.423. The highest BCUT2D eigenvalue weighted by Gasteiger charge is 2.31. The van der Waals surface area contributed by atoms with Crippen molar-refractivity contribution in [1.82, 2.24) is 10.2 Å². The lowest BCUT2D eigenvalue weighted by Crippen LogP contribution is -2.54. The van der Waals surface area contributed by atoms with Crippen LogP contribution in [0.15, 0.2) is 71.2 Å². The lowest BCUT2D eigenvalue weighted by atomic mass is 10.1. The van der Waals surface area contributed by atoms with E-state index >= 15 is 0 Å². The van der Waals surface area contributed by atoms with Crippen LogP contribution in [0.25, 0.3) is 10.8 Å². The zero-order valence-electron chi connectivity index (χ0n) is 21.2. The number of carbonyl (C=O) groups is 2. The molecule has 0 spiro atoms. The molecule has 0 unspecified atom stereocenters. The predicted molar refractivity (Wildman–Crippen MR) is 148 cm³/mol. The van der Waals surface area contributed by atoms with Crippen molar-refractivity contribution < 1.29 is 18.0 Å².